The Morgan fingerprint density at radius 1 is 1.03 bits per heavy atom. The second-order valence-corrected chi connectivity index (χ2v) is 7.61. The zero-order valence-electron chi connectivity index (χ0n) is 17.3. The van der Waals surface area contributed by atoms with Gasteiger partial charge in [0.2, 0.25) is 0 Å². The second kappa shape index (κ2) is 9.55. The topological polar surface area (TPSA) is 45.7 Å². The summed E-state index contributed by atoms with van der Waals surface area (Å²) in [6.07, 6.45) is 5.54. The van der Waals surface area contributed by atoms with Crippen LogP contribution in [0.3, 0.4) is 0 Å². The molecule has 5 nitrogen and oxygen atoms in total. The molecule has 3 aromatic rings. The molecule has 1 amide bonds. The molecule has 1 aromatic heterocycles. The molecular formula is C25H27N3O2. The van der Waals surface area contributed by atoms with Gasteiger partial charge >= 0.3 is 0 Å². The number of amides is 1. The molecule has 1 fully saturated rings. The lowest BCUT2D eigenvalue weighted by Gasteiger charge is -2.38. The molecule has 2 aromatic carbocycles. The number of carbonyl (C=O) groups excluding carboxylic acids is 1. The summed E-state index contributed by atoms with van der Waals surface area (Å²) in [5.74, 6) is 0.796. The van der Waals surface area contributed by atoms with Gasteiger partial charge in [0.05, 0.1) is 7.11 Å². The Morgan fingerprint density at radius 2 is 1.77 bits per heavy atom. The molecule has 154 valence electrons. The molecule has 0 spiro atoms. The van der Waals surface area contributed by atoms with Gasteiger partial charge in [0.25, 0.3) is 5.91 Å². The van der Waals surface area contributed by atoms with Gasteiger partial charge < -0.3 is 9.64 Å². The first-order valence-electron chi connectivity index (χ1n) is 10.4. The molecular weight excluding hydrogens is 374 g/mol. The van der Waals surface area contributed by atoms with Gasteiger partial charge in [0.1, 0.15) is 5.75 Å². The number of rotatable bonds is 6. The first kappa shape index (κ1) is 20.1. The lowest BCUT2D eigenvalue weighted by molar-refractivity contribution is 0.0958. The number of carbonyl (C=O) groups is 1. The van der Waals surface area contributed by atoms with Crippen molar-refractivity contribution in [2.24, 2.45) is 0 Å². The minimum Gasteiger partial charge on any atom is -0.497 e. The van der Waals surface area contributed by atoms with Crippen LogP contribution in [0.2, 0.25) is 0 Å². The van der Waals surface area contributed by atoms with E-state index >= 15 is 0 Å². The van der Waals surface area contributed by atoms with Crippen molar-refractivity contribution in [1.82, 2.24) is 9.88 Å². The van der Waals surface area contributed by atoms with E-state index in [1.807, 2.05) is 71.9 Å². The van der Waals surface area contributed by atoms with Gasteiger partial charge in [0.15, 0.2) is 0 Å². The summed E-state index contributed by atoms with van der Waals surface area (Å²) in [6.45, 7) is 2.83. The largest absolute Gasteiger partial charge is 0.497 e. The zero-order valence-corrected chi connectivity index (χ0v) is 17.3. The molecule has 30 heavy (non-hydrogen) atoms. The number of hydrogen-bond donors (Lipinski definition) is 0. The molecule has 1 saturated heterocycles. The van der Waals surface area contributed by atoms with E-state index in [0.717, 1.165) is 43.9 Å². The Balaban J connectivity index is 1.53. The van der Waals surface area contributed by atoms with Crippen molar-refractivity contribution in [3.63, 3.8) is 0 Å². The summed E-state index contributed by atoms with van der Waals surface area (Å²) in [7, 11) is 1.65. The van der Waals surface area contributed by atoms with E-state index in [1.165, 1.54) is 5.56 Å². The van der Waals surface area contributed by atoms with E-state index in [0.29, 0.717) is 5.56 Å². The third-order valence-corrected chi connectivity index (χ3v) is 5.65. The van der Waals surface area contributed by atoms with Gasteiger partial charge in [-0.25, -0.2) is 0 Å². The van der Waals surface area contributed by atoms with Crippen molar-refractivity contribution in [2.45, 2.75) is 25.4 Å². The molecule has 1 aliphatic heterocycles. The van der Waals surface area contributed by atoms with Gasteiger partial charge in [-0.15, -0.1) is 0 Å². The number of benzene rings is 2. The second-order valence-electron chi connectivity index (χ2n) is 7.61. The lowest BCUT2D eigenvalue weighted by Crippen LogP contribution is -2.47. The standard InChI is InChI=1S/C25H27N3O2/c1-30-24-9-5-8-23(18-24)28(25(29)21-6-3-2-4-7-21)22-12-16-27(17-13-22)19-20-10-14-26-15-11-20/h2-11,14-15,18,22H,12-13,16-17,19H2,1H3. The summed E-state index contributed by atoms with van der Waals surface area (Å²) in [6, 6.07) is 21.6. The molecule has 0 radical (unpaired) electrons. The maximum Gasteiger partial charge on any atom is 0.258 e. The average Bonchev–Trinajstić information content (AvgIpc) is 2.82. The van der Waals surface area contributed by atoms with Crippen LogP contribution in [0, 0.1) is 0 Å². The van der Waals surface area contributed by atoms with Crippen LogP contribution in [0.1, 0.15) is 28.8 Å². The zero-order chi connectivity index (χ0) is 20.8. The van der Waals surface area contributed by atoms with Gasteiger partial charge in [-0.1, -0.05) is 24.3 Å². The third kappa shape index (κ3) is 4.69. The third-order valence-electron chi connectivity index (χ3n) is 5.65. The quantitative estimate of drug-likeness (QED) is 0.614. The fraction of sp³-hybridized carbons (Fsp3) is 0.280. The van der Waals surface area contributed by atoms with Crippen molar-refractivity contribution in [2.75, 3.05) is 25.1 Å². The molecule has 4 rings (SSSR count). The molecule has 0 saturated carbocycles. The van der Waals surface area contributed by atoms with Crippen LogP contribution >= 0.6 is 0 Å². The van der Waals surface area contributed by atoms with E-state index < -0.39 is 0 Å². The number of piperidine rings is 1. The van der Waals surface area contributed by atoms with Crippen LogP contribution in [0.4, 0.5) is 5.69 Å². The fourth-order valence-electron chi connectivity index (χ4n) is 4.06. The van der Waals surface area contributed by atoms with Gasteiger partial charge in [0, 0.05) is 55.4 Å². The molecule has 0 aliphatic carbocycles. The highest BCUT2D eigenvalue weighted by atomic mass is 16.5. The maximum absolute atomic E-state index is 13.5. The number of methoxy groups -OCH3 is 1. The highest BCUT2D eigenvalue weighted by molar-refractivity contribution is 6.06. The number of ether oxygens (including phenoxy) is 1. The van der Waals surface area contributed by atoms with Crippen molar-refractivity contribution >= 4 is 11.6 Å². The number of aromatic nitrogens is 1. The Morgan fingerprint density at radius 3 is 2.47 bits per heavy atom. The van der Waals surface area contributed by atoms with Crippen molar-refractivity contribution in [3.8, 4) is 5.75 Å². The number of pyridine rings is 1. The van der Waals surface area contributed by atoms with E-state index in [9.17, 15) is 4.79 Å². The molecule has 0 atom stereocenters. The first-order chi connectivity index (χ1) is 14.7. The normalized spacial score (nSPS) is 15.0. The SMILES string of the molecule is COc1cccc(N(C(=O)c2ccccc2)C2CCN(Cc3ccncc3)CC2)c1. The average molecular weight is 402 g/mol. The highest BCUT2D eigenvalue weighted by Crippen LogP contribution is 2.29. The van der Waals surface area contributed by atoms with Crippen LogP contribution in [0.15, 0.2) is 79.1 Å². The van der Waals surface area contributed by atoms with Crippen molar-refractivity contribution in [1.29, 1.82) is 0 Å². The molecule has 0 unspecified atom stereocenters. The van der Waals surface area contributed by atoms with E-state index in [-0.39, 0.29) is 11.9 Å². The number of likely N-dealkylation sites (tertiary alicyclic amines) is 1. The lowest BCUT2D eigenvalue weighted by atomic mass is 10.00. The number of nitrogens with zero attached hydrogens (tertiary/aromatic N) is 3. The van der Waals surface area contributed by atoms with Crippen LogP contribution in [0.5, 0.6) is 5.75 Å². The van der Waals surface area contributed by atoms with Crippen molar-refractivity contribution < 1.29 is 9.53 Å². The smallest absolute Gasteiger partial charge is 0.258 e. The highest BCUT2D eigenvalue weighted by Gasteiger charge is 2.30. The van der Waals surface area contributed by atoms with Crippen LogP contribution < -0.4 is 9.64 Å². The minimum atomic E-state index is 0.0384. The Hall–Kier alpha value is -3.18. The summed E-state index contributed by atoms with van der Waals surface area (Å²) in [5.41, 5.74) is 2.86. The van der Waals surface area contributed by atoms with Crippen LogP contribution in [-0.2, 0) is 6.54 Å². The van der Waals surface area contributed by atoms with Gasteiger partial charge in [-0.05, 0) is 54.8 Å². The number of anilines is 1. The van der Waals surface area contributed by atoms with Crippen molar-refractivity contribution in [3.05, 3.63) is 90.3 Å². The fourth-order valence-corrected chi connectivity index (χ4v) is 4.06. The predicted octanol–water partition coefficient (Wildman–Crippen LogP) is 4.40. The summed E-state index contributed by atoms with van der Waals surface area (Å²) < 4.78 is 5.41. The van der Waals surface area contributed by atoms with E-state index in [4.69, 9.17) is 4.74 Å². The molecule has 5 heteroatoms. The van der Waals surface area contributed by atoms with E-state index in [1.54, 1.807) is 7.11 Å². The molecule has 0 N–H and O–H groups in total. The first-order valence-corrected chi connectivity index (χ1v) is 10.4. The monoisotopic (exact) mass is 401 g/mol. The van der Waals surface area contributed by atoms with E-state index in [2.05, 4.69) is 22.0 Å². The number of hydrogen-bond acceptors (Lipinski definition) is 4. The Labute approximate surface area is 177 Å². The predicted molar refractivity (Wildman–Crippen MR) is 119 cm³/mol. The summed E-state index contributed by atoms with van der Waals surface area (Å²) >= 11 is 0. The Bertz CT molecular complexity index is 954. The maximum atomic E-state index is 13.5. The Kier molecular flexibility index (Phi) is 6.40. The summed E-state index contributed by atoms with van der Waals surface area (Å²) in [4.78, 5) is 22.0. The minimum absolute atomic E-state index is 0.0384. The molecule has 2 heterocycles. The van der Waals surface area contributed by atoms with Gasteiger partial charge in [-0.2, -0.15) is 0 Å². The molecule has 1 aliphatic rings. The van der Waals surface area contributed by atoms with Gasteiger partial charge in [-0.3, -0.25) is 14.7 Å². The van der Waals surface area contributed by atoms with Crippen LogP contribution in [-0.4, -0.2) is 42.0 Å². The summed E-state index contributed by atoms with van der Waals surface area (Å²) in [5, 5.41) is 0. The van der Waals surface area contributed by atoms with Crippen LogP contribution in [0.25, 0.3) is 0 Å². The molecule has 0 bridgehead atoms.